The van der Waals surface area contributed by atoms with E-state index in [9.17, 15) is 14.7 Å². The van der Waals surface area contributed by atoms with Gasteiger partial charge in [-0.1, -0.05) is 36.4 Å². The molecule has 0 fully saturated rings. The summed E-state index contributed by atoms with van der Waals surface area (Å²) in [5.74, 6) is -0.638. The normalized spacial score (nSPS) is 15.0. The first-order chi connectivity index (χ1) is 14.6. The second-order valence-corrected chi connectivity index (χ2v) is 7.00. The van der Waals surface area contributed by atoms with Crippen LogP contribution in [0.15, 0.2) is 78.2 Å². The number of nitrogens with zero attached hydrogens (tertiary/aromatic N) is 1. The second kappa shape index (κ2) is 6.77. The number of fused-ring (bicyclic) bond motifs is 2. The number of anilines is 1. The summed E-state index contributed by atoms with van der Waals surface area (Å²) in [6, 6.07) is 19.5. The number of methoxy groups -OCH3 is 1. The molecule has 0 bridgehead atoms. The van der Waals surface area contributed by atoms with Gasteiger partial charge in [0.25, 0.3) is 0 Å². The number of ketones is 2. The average molecular weight is 399 g/mol. The van der Waals surface area contributed by atoms with Gasteiger partial charge in [0.1, 0.15) is 22.9 Å². The molecule has 30 heavy (non-hydrogen) atoms. The number of phenolic OH excluding ortho intramolecular Hbond substituents is 1. The van der Waals surface area contributed by atoms with Crippen molar-refractivity contribution in [3.8, 4) is 17.2 Å². The molecule has 148 valence electrons. The Balaban J connectivity index is 1.79. The Hall–Kier alpha value is -4.06. The van der Waals surface area contributed by atoms with E-state index in [0.717, 1.165) is 11.3 Å². The molecule has 0 amide bonds. The molecule has 0 saturated carbocycles. The van der Waals surface area contributed by atoms with Crippen LogP contribution in [0.3, 0.4) is 0 Å². The molecule has 1 heterocycles. The van der Waals surface area contributed by atoms with Gasteiger partial charge in [-0.05, 0) is 30.3 Å². The Morgan fingerprint density at radius 2 is 1.63 bits per heavy atom. The Labute approximate surface area is 172 Å². The third-order valence-corrected chi connectivity index (χ3v) is 5.31. The monoisotopic (exact) mass is 399 g/mol. The first-order valence-corrected chi connectivity index (χ1v) is 9.42. The van der Waals surface area contributed by atoms with Crippen molar-refractivity contribution in [1.82, 2.24) is 0 Å². The number of ether oxygens (including phenoxy) is 2. The van der Waals surface area contributed by atoms with Crippen LogP contribution in [0.4, 0.5) is 5.69 Å². The number of aromatic hydroxyl groups is 1. The first kappa shape index (κ1) is 18.0. The predicted molar refractivity (Wildman–Crippen MR) is 110 cm³/mol. The van der Waals surface area contributed by atoms with Crippen LogP contribution in [-0.4, -0.2) is 23.8 Å². The summed E-state index contributed by atoms with van der Waals surface area (Å²) < 4.78 is 11.3. The Morgan fingerprint density at radius 1 is 0.900 bits per heavy atom. The summed E-state index contributed by atoms with van der Waals surface area (Å²) >= 11 is 0. The summed E-state index contributed by atoms with van der Waals surface area (Å²) in [5.41, 5.74) is 1.59. The molecule has 5 rings (SSSR count). The molecule has 0 aromatic heterocycles. The number of carbonyl (C=O) groups excluding carboxylic acids is 2. The molecular weight excluding hydrogens is 382 g/mol. The minimum absolute atomic E-state index is 0.00800. The fraction of sp³-hybridized carbons (Fsp3) is 0.0833. The van der Waals surface area contributed by atoms with Crippen molar-refractivity contribution in [2.75, 3.05) is 12.0 Å². The van der Waals surface area contributed by atoms with E-state index in [-0.39, 0.29) is 34.1 Å². The minimum Gasteiger partial charge on any atom is -0.507 e. The van der Waals surface area contributed by atoms with Gasteiger partial charge in [-0.3, -0.25) is 9.59 Å². The zero-order chi connectivity index (χ0) is 20.8. The van der Waals surface area contributed by atoms with Gasteiger partial charge < -0.3 is 19.5 Å². The van der Waals surface area contributed by atoms with E-state index in [1.807, 2.05) is 48.5 Å². The fourth-order valence-corrected chi connectivity index (χ4v) is 3.90. The van der Waals surface area contributed by atoms with E-state index in [2.05, 4.69) is 0 Å². The summed E-state index contributed by atoms with van der Waals surface area (Å²) in [4.78, 5) is 28.9. The van der Waals surface area contributed by atoms with Gasteiger partial charge in [-0.25, -0.2) is 0 Å². The van der Waals surface area contributed by atoms with E-state index in [4.69, 9.17) is 9.47 Å². The summed E-state index contributed by atoms with van der Waals surface area (Å²) in [7, 11) is 1.41. The lowest BCUT2D eigenvalue weighted by Gasteiger charge is -2.29. The highest BCUT2D eigenvalue weighted by molar-refractivity contribution is 6.29. The van der Waals surface area contributed by atoms with Crippen LogP contribution < -0.4 is 14.4 Å². The zero-order valence-corrected chi connectivity index (χ0v) is 16.1. The van der Waals surface area contributed by atoms with Crippen LogP contribution in [-0.2, 0) is 6.54 Å². The third kappa shape index (κ3) is 2.58. The van der Waals surface area contributed by atoms with Gasteiger partial charge in [0.05, 0.1) is 24.8 Å². The largest absolute Gasteiger partial charge is 0.507 e. The molecule has 0 spiro atoms. The highest BCUT2D eigenvalue weighted by atomic mass is 16.5. The smallest absolute Gasteiger partial charge is 0.235 e. The zero-order valence-electron chi connectivity index (χ0n) is 16.1. The summed E-state index contributed by atoms with van der Waals surface area (Å²) in [6.45, 7) is 0.331. The highest BCUT2D eigenvalue weighted by Crippen LogP contribution is 2.42. The quantitative estimate of drug-likeness (QED) is 0.700. The van der Waals surface area contributed by atoms with E-state index in [1.165, 1.54) is 19.2 Å². The van der Waals surface area contributed by atoms with Crippen LogP contribution in [0.25, 0.3) is 0 Å². The Kier molecular flexibility index (Phi) is 4.06. The van der Waals surface area contributed by atoms with Crippen LogP contribution in [0.5, 0.6) is 17.2 Å². The lowest BCUT2D eigenvalue weighted by atomic mass is 9.89. The number of benzene rings is 3. The predicted octanol–water partition coefficient (Wildman–Crippen LogP) is 4.09. The molecule has 1 aliphatic carbocycles. The molecule has 6 nitrogen and oxygen atoms in total. The van der Waals surface area contributed by atoms with Crippen molar-refractivity contribution in [2.45, 2.75) is 6.54 Å². The van der Waals surface area contributed by atoms with Crippen molar-refractivity contribution in [2.24, 2.45) is 0 Å². The molecule has 0 unspecified atom stereocenters. The fourth-order valence-electron chi connectivity index (χ4n) is 3.90. The number of hydrogen-bond acceptors (Lipinski definition) is 6. The molecule has 0 saturated heterocycles. The van der Waals surface area contributed by atoms with E-state index in [0.29, 0.717) is 12.3 Å². The van der Waals surface area contributed by atoms with Crippen LogP contribution >= 0.6 is 0 Å². The number of para-hydroxylation sites is 2. The van der Waals surface area contributed by atoms with Gasteiger partial charge in [0, 0.05) is 11.3 Å². The van der Waals surface area contributed by atoms with E-state index >= 15 is 0 Å². The average Bonchev–Trinajstić information content (AvgIpc) is 2.95. The number of carbonyl (C=O) groups is 2. The van der Waals surface area contributed by atoms with Gasteiger partial charge in [-0.15, -0.1) is 0 Å². The molecule has 0 radical (unpaired) electrons. The standard InChI is InChI=1S/C24H17NO5/c1-29-18-12-11-16(26)19-20(18)23(28)24-21(22(19)27)25(15-8-3-2-4-9-15)13-14-7-5-6-10-17(14)30-24/h2-12,26H,13H2,1H3. The van der Waals surface area contributed by atoms with Crippen molar-refractivity contribution >= 4 is 17.3 Å². The lowest BCUT2D eigenvalue weighted by molar-refractivity contribution is 0.0930. The molecule has 3 aromatic carbocycles. The molecule has 1 N–H and O–H groups in total. The van der Waals surface area contributed by atoms with Crippen molar-refractivity contribution in [3.05, 3.63) is 94.9 Å². The molecule has 2 aliphatic rings. The van der Waals surface area contributed by atoms with Crippen molar-refractivity contribution < 1.29 is 24.2 Å². The van der Waals surface area contributed by atoms with Crippen molar-refractivity contribution in [1.29, 1.82) is 0 Å². The third-order valence-electron chi connectivity index (χ3n) is 5.31. The maximum absolute atomic E-state index is 13.6. The SMILES string of the molecule is COc1ccc(O)c2c1C(=O)C1=C(C2=O)N(c2ccccc2)Cc2ccccc2O1. The number of phenols is 1. The molecule has 3 aromatic rings. The maximum Gasteiger partial charge on any atom is 0.235 e. The van der Waals surface area contributed by atoms with Gasteiger partial charge in [0.15, 0.2) is 0 Å². The summed E-state index contributed by atoms with van der Waals surface area (Å²) in [6.07, 6.45) is 0. The van der Waals surface area contributed by atoms with Gasteiger partial charge in [0.2, 0.25) is 17.3 Å². The number of rotatable bonds is 2. The van der Waals surface area contributed by atoms with Gasteiger partial charge >= 0.3 is 0 Å². The second-order valence-electron chi connectivity index (χ2n) is 7.00. The number of hydrogen-bond donors (Lipinski definition) is 1. The minimum atomic E-state index is -0.509. The van der Waals surface area contributed by atoms with Crippen LogP contribution in [0, 0.1) is 0 Å². The molecular formula is C24H17NO5. The summed E-state index contributed by atoms with van der Waals surface area (Å²) in [5, 5.41) is 10.4. The van der Waals surface area contributed by atoms with E-state index < -0.39 is 11.6 Å². The molecule has 6 heteroatoms. The topological polar surface area (TPSA) is 76.1 Å². The van der Waals surface area contributed by atoms with Crippen molar-refractivity contribution in [3.63, 3.8) is 0 Å². The Bertz CT molecular complexity index is 1230. The Morgan fingerprint density at radius 3 is 2.40 bits per heavy atom. The lowest BCUT2D eigenvalue weighted by Crippen LogP contribution is -2.34. The molecule has 0 atom stereocenters. The maximum atomic E-state index is 13.6. The molecule has 1 aliphatic heterocycles. The van der Waals surface area contributed by atoms with E-state index in [1.54, 1.807) is 11.0 Å². The number of allylic oxidation sites excluding steroid dienone is 2. The first-order valence-electron chi connectivity index (χ1n) is 9.42. The number of Topliss-reactive ketones (excluding diaryl/α,β-unsaturated/α-hetero) is 2. The highest BCUT2D eigenvalue weighted by Gasteiger charge is 2.42. The van der Waals surface area contributed by atoms with Crippen LogP contribution in [0.2, 0.25) is 0 Å². The van der Waals surface area contributed by atoms with Gasteiger partial charge in [-0.2, -0.15) is 0 Å². The van der Waals surface area contributed by atoms with Crippen LogP contribution in [0.1, 0.15) is 26.3 Å².